The van der Waals surface area contributed by atoms with Crippen LogP contribution in [0.15, 0.2) is 23.1 Å². The summed E-state index contributed by atoms with van der Waals surface area (Å²) in [5, 5.41) is 8.70. The van der Waals surface area contributed by atoms with Crippen LogP contribution in [0.25, 0.3) is 0 Å². The number of aliphatic hydroxyl groups is 1. The Kier molecular flexibility index (Phi) is 6.21. The van der Waals surface area contributed by atoms with E-state index in [1.807, 2.05) is 6.92 Å². The van der Waals surface area contributed by atoms with Crippen LogP contribution in [0.2, 0.25) is 0 Å². The van der Waals surface area contributed by atoms with Crippen LogP contribution in [0, 0.1) is 18.8 Å². The van der Waals surface area contributed by atoms with Crippen LogP contribution in [0.1, 0.15) is 30.9 Å². The van der Waals surface area contributed by atoms with Crippen molar-refractivity contribution in [3.8, 4) is 11.8 Å². The van der Waals surface area contributed by atoms with Gasteiger partial charge in [0.2, 0.25) is 10.0 Å². The maximum absolute atomic E-state index is 12.5. The van der Waals surface area contributed by atoms with Crippen molar-refractivity contribution in [2.45, 2.75) is 31.6 Å². The number of nitrogens with zero attached hydrogens (tertiary/aromatic N) is 1. The van der Waals surface area contributed by atoms with Gasteiger partial charge in [0.15, 0.2) is 0 Å². The van der Waals surface area contributed by atoms with Crippen molar-refractivity contribution in [2.24, 2.45) is 0 Å². The molecule has 0 aliphatic carbocycles. The molecular formula is C15H21NO3S. The summed E-state index contributed by atoms with van der Waals surface area (Å²) in [6.45, 7) is 4.21. The molecule has 0 aliphatic heterocycles. The Balaban J connectivity index is 3.18. The molecule has 0 saturated heterocycles. The van der Waals surface area contributed by atoms with E-state index in [4.69, 9.17) is 5.11 Å². The minimum Gasteiger partial charge on any atom is -0.395 e. The minimum absolute atomic E-state index is 0.00323. The Hall–Kier alpha value is -1.35. The SMILES string of the molecule is CCCN(C)S(=O)(=O)c1cc(C#CCCO)ccc1C. The number of rotatable bonds is 5. The molecule has 0 fully saturated rings. The van der Waals surface area contributed by atoms with Crippen molar-refractivity contribution < 1.29 is 13.5 Å². The first kappa shape index (κ1) is 16.7. The third-order valence-electron chi connectivity index (χ3n) is 2.88. The highest BCUT2D eigenvalue weighted by molar-refractivity contribution is 7.89. The van der Waals surface area contributed by atoms with Crippen molar-refractivity contribution in [3.63, 3.8) is 0 Å². The fourth-order valence-electron chi connectivity index (χ4n) is 1.78. The predicted molar refractivity (Wildman–Crippen MR) is 79.9 cm³/mol. The maximum Gasteiger partial charge on any atom is 0.243 e. The highest BCUT2D eigenvalue weighted by Gasteiger charge is 2.22. The molecule has 0 aliphatic rings. The van der Waals surface area contributed by atoms with Crippen molar-refractivity contribution >= 4 is 10.0 Å². The van der Waals surface area contributed by atoms with Crippen molar-refractivity contribution in [2.75, 3.05) is 20.2 Å². The van der Waals surface area contributed by atoms with Gasteiger partial charge in [0.25, 0.3) is 0 Å². The first-order chi connectivity index (χ1) is 9.43. The molecule has 0 unspecified atom stereocenters. The van der Waals surface area contributed by atoms with Crippen molar-refractivity contribution in [3.05, 3.63) is 29.3 Å². The lowest BCUT2D eigenvalue weighted by Crippen LogP contribution is -2.28. The zero-order chi connectivity index (χ0) is 15.2. The number of hydrogen-bond donors (Lipinski definition) is 1. The topological polar surface area (TPSA) is 57.6 Å². The number of benzene rings is 1. The Bertz CT molecular complexity index is 612. The van der Waals surface area contributed by atoms with Gasteiger partial charge in [0.05, 0.1) is 11.5 Å². The van der Waals surface area contributed by atoms with E-state index in [1.54, 1.807) is 32.2 Å². The number of sulfonamides is 1. The maximum atomic E-state index is 12.5. The molecule has 20 heavy (non-hydrogen) atoms. The number of aryl methyl sites for hydroxylation is 1. The van der Waals surface area contributed by atoms with E-state index >= 15 is 0 Å². The van der Waals surface area contributed by atoms with Crippen molar-refractivity contribution in [1.29, 1.82) is 0 Å². The Morgan fingerprint density at radius 1 is 1.35 bits per heavy atom. The largest absolute Gasteiger partial charge is 0.395 e. The second-order valence-electron chi connectivity index (χ2n) is 4.58. The number of hydrogen-bond acceptors (Lipinski definition) is 3. The monoisotopic (exact) mass is 295 g/mol. The van der Waals surface area contributed by atoms with E-state index in [9.17, 15) is 8.42 Å². The van der Waals surface area contributed by atoms with Gasteiger partial charge in [-0.2, -0.15) is 0 Å². The van der Waals surface area contributed by atoms with E-state index in [2.05, 4.69) is 11.8 Å². The van der Waals surface area contributed by atoms with Crippen LogP contribution in [0.3, 0.4) is 0 Å². The van der Waals surface area contributed by atoms with Gasteiger partial charge in [0, 0.05) is 25.6 Å². The molecule has 1 aromatic carbocycles. The zero-order valence-electron chi connectivity index (χ0n) is 12.2. The van der Waals surface area contributed by atoms with Gasteiger partial charge in [-0.1, -0.05) is 24.8 Å². The van der Waals surface area contributed by atoms with Gasteiger partial charge in [-0.15, -0.1) is 0 Å². The normalized spacial score (nSPS) is 11.2. The highest BCUT2D eigenvalue weighted by atomic mass is 32.2. The lowest BCUT2D eigenvalue weighted by atomic mass is 10.1. The third-order valence-corrected chi connectivity index (χ3v) is 4.88. The standard InChI is InChI=1S/C15H21NO3S/c1-4-10-16(3)20(18,19)15-12-14(7-5-6-11-17)9-8-13(15)2/h8-9,12,17H,4,6,10-11H2,1-3H3. The third kappa shape index (κ3) is 4.07. The van der Waals surface area contributed by atoms with E-state index in [1.165, 1.54) is 4.31 Å². The lowest BCUT2D eigenvalue weighted by Gasteiger charge is -2.17. The molecule has 0 amide bonds. The quantitative estimate of drug-likeness (QED) is 0.842. The fourth-order valence-corrected chi connectivity index (χ4v) is 3.29. The second kappa shape index (κ2) is 7.44. The molecule has 0 saturated carbocycles. The first-order valence-corrected chi connectivity index (χ1v) is 8.04. The smallest absolute Gasteiger partial charge is 0.243 e. The van der Waals surface area contributed by atoms with Crippen LogP contribution >= 0.6 is 0 Å². The summed E-state index contributed by atoms with van der Waals surface area (Å²) in [5.41, 5.74) is 1.35. The predicted octanol–water partition coefficient (Wildman–Crippen LogP) is 1.76. The molecule has 0 aromatic heterocycles. The van der Waals surface area contributed by atoms with Gasteiger partial charge in [-0.05, 0) is 31.0 Å². The Labute approximate surface area is 121 Å². The average Bonchev–Trinajstić information content (AvgIpc) is 2.41. The van der Waals surface area contributed by atoms with Crippen LogP contribution in [-0.2, 0) is 10.0 Å². The highest BCUT2D eigenvalue weighted by Crippen LogP contribution is 2.20. The lowest BCUT2D eigenvalue weighted by molar-refractivity contribution is 0.305. The molecule has 110 valence electrons. The molecular weight excluding hydrogens is 274 g/mol. The average molecular weight is 295 g/mol. The molecule has 1 N–H and O–H groups in total. The van der Waals surface area contributed by atoms with E-state index in [-0.39, 0.29) is 6.61 Å². The summed E-state index contributed by atoms with van der Waals surface area (Å²) in [6, 6.07) is 5.15. The van der Waals surface area contributed by atoms with Gasteiger partial charge in [-0.3, -0.25) is 0 Å². The van der Waals surface area contributed by atoms with Crippen LogP contribution < -0.4 is 0 Å². The van der Waals surface area contributed by atoms with Gasteiger partial charge >= 0.3 is 0 Å². The van der Waals surface area contributed by atoms with Gasteiger partial charge in [0.1, 0.15) is 0 Å². The second-order valence-corrected chi connectivity index (χ2v) is 6.60. The molecule has 0 radical (unpaired) electrons. The molecule has 5 heteroatoms. The molecule has 0 bridgehead atoms. The van der Waals surface area contributed by atoms with E-state index in [0.717, 1.165) is 6.42 Å². The van der Waals surface area contributed by atoms with Crippen LogP contribution in [0.4, 0.5) is 0 Å². The Morgan fingerprint density at radius 2 is 2.05 bits per heavy atom. The summed E-state index contributed by atoms with van der Waals surface area (Å²) in [5.74, 6) is 5.66. The summed E-state index contributed by atoms with van der Waals surface area (Å²) >= 11 is 0. The fraction of sp³-hybridized carbons (Fsp3) is 0.467. The summed E-state index contributed by atoms with van der Waals surface area (Å²) in [4.78, 5) is 0.296. The molecule has 1 aromatic rings. The van der Waals surface area contributed by atoms with Gasteiger partial charge < -0.3 is 5.11 Å². The van der Waals surface area contributed by atoms with Crippen molar-refractivity contribution in [1.82, 2.24) is 4.31 Å². The van der Waals surface area contributed by atoms with E-state index in [0.29, 0.717) is 29.0 Å². The van der Waals surface area contributed by atoms with E-state index < -0.39 is 10.0 Å². The molecule has 1 rings (SSSR count). The number of aliphatic hydroxyl groups excluding tert-OH is 1. The Morgan fingerprint density at radius 3 is 2.65 bits per heavy atom. The summed E-state index contributed by atoms with van der Waals surface area (Å²) in [7, 11) is -1.88. The zero-order valence-corrected chi connectivity index (χ0v) is 13.0. The summed E-state index contributed by atoms with van der Waals surface area (Å²) < 4.78 is 26.3. The molecule has 0 atom stereocenters. The first-order valence-electron chi connectivity index (χ1n) is 6.60. The van der Waals surface area contributed by atoms with Crippen LogP contribution in [-0.4, -0.2) is 38.0 Å². The van der Waals surface area contributed by atoms with Crippen LogP contribution in [0.5, 0.6) is 0 Å². The summed E-state index contributed by atoms with van der Waals surface area (Å²) in [6.07, 6.45) is 1.15. The van der Waals surface area contributed by atoms with Gasteiger partial charge in [-0.25, -0.2) is 12.7 Å². The minimum atomic E-state index is -3.47. The molecule has 4 nitrogen and oxygen atoms in total. The molecule has 0 spiro atoms. The molecule has 0 heterocycles.